The summed E-state index contributed by atoms with van der Waals surface area (Å²) < 4.78 is 0. The van der Waals surface area contributed by atoms with E-state index in [1.54, 1.807) is 18.2 Å². The first-order valence-corrected chi connectivity index (χ1v) is 6.77. The highest BCUT2D eigenvalue weighted by Crippen LogP contribution is 2.31. The largest absolute Gasteiger partial charge is 0.320 e. The number of amides is 1. The maximum Gasteiger partial charge on any atom is 0.275 e. The van der Waals surface area contributed by atoms with Crippen LogP contribution < -0.4 is 5.32 Å². The van der Waals surface area contributed by atoms with Gasteiger partial charge in [-0.1, -0.05) is 41.4 Å². The Hall–Kier alpha value is -1.84. The molecule has 3 rings (SSSR count). The maximum absolute atomic E-state index is 12.0. The van der Waals surface area contributed by atoms with Crippen LogP contribution in [0, 0.1) is 6.92 Å². The predicted molar refractivity (Wildman–Crippen MR) is 82.5 cm³/mol. The fourth-order valence-electron chi connectivity index (χ4n) is 2.12. The van der Waals surface area contributed by atoms with Gasteiger partial charge in [-0.2, -0.15) is 0 Å². The van der Waals surface area contributed by atoms with Crippen LogP contribution in [0.4, 0.5) is 11.4 Å². The van der Waals surface area contributed by atoms with E-state index in [1.807, 2.05) is 25.1 Å². The van der Waals surface area contributed by atoms with Gasteiger partial charge in [-0.3, -0.25) is 4.79 Å². The smallest absolute Gasteiger partial charge is 0.275 e. The number of hydrogen-bond acceptors (Lipinski definition) is 2. The number of hydrogen-bond donors (Lipinski definition) is 1. The van der Waals surface area contributed by atoms with E-state index < -0.39 is 0 Å². The van der Waals surface area contributed by atoms with Gasteiger partial charge in [0, 0.05) is 5.56 Å². The van der Waals surface area contributed by atoms with Crippen molar-refractivity contribution in [2.45, 2.75) is 6.92 Å². The molecule has 20 heavy (non-hydrogen) atoms. The van der Waals surface area contributed by atoms with Crippen molar-refractivity contribution in [3.8, 4) is 0 Å². The number of nitrogens with one attached hydrogen (secondary N) is 1. The molecule has 0 aromatic heterocycles. The first-order chi connectivity index (χ1) is 9.56. The summed E-state index contributed by atoms with van der Waals surface area (Å²) >= 11 is 11.8. The highest BCUT2D eigenvalue weighted by molar-refractivity contribution is 6.54. The van der Waals surface area contributed by atoms with Gasteiger partial charge in [0.1, 0.15) is 5.71 Å². The molecule has 0 saturated carbocycles. The van der Waals surface area contributed by atoms with Crippen molar-refractivity contribution < 1.29 is 4.79 Å². The molecule has 1 aliphatic rings. The molecule has 1 N–H and O–H groups in total. The quantitative estimate of drug-likeness (QED) is 0.835. The molecule has 3 nitrogen and oxygen atoms in total. The SMILES string of the molecule is Cc1cccc2c1NC(=O)C2=Nc1ccc(Cl)c(Cl)c1. The highest BCUT2D eigenvalue weighted by Gasteiger charge is 2.26. The van der Waals surface area contributed by atoms with E-state index in [-0.39, 0.29) is 5.91 Å². The molecule has 100 valence electrons. The van der Waals surface area contributed by atoms with Crippen molar-refractivity contribution >= 4 is 46.2 Å². The number of aryl methyl sites for hydroxylation is 1. The van der Waals surface area contributed by atoms with Crippen molar-refractivity contribution in [1.82, 2.24) is 0 Å². The Morgan fingerprint density at radius 1 is 1.10 bits per heavy atom. The second-order valence-corrected chi connectivity index (χ2v) is 5.32. The van der Waals surface area contributed by atoms with E-state index in [0.717, 1.165) is 16.8 Å². The fraction of sp³-hybridized carbons (Fsp3) is 0.0667. The van der Waals surface area contributed by atoms with E-state index in [2.05, 4.69) is 10.3 Å². The second kappa shape index (κ2) is 4.93. The van der Waals surface area contributed by atoms with Gasteiger partial charge in [-0.25, -0.2) is 4.99 Å². The maximum atomic E-state index is 12.0. The standard InChI is InChI=1S/C15H10Cl2N2O/c1-8-3-2-4-10-13(8)19-15(20)14(10)18-9-5-6-11(16)12(17)7-9/h2-7H,1H3,(H,18,19,20). The summed E-state index contributed by atoms with van der Waals surface area (Å²) in [5.41, 5.74) is 3.62. The monoisotopic (exact) mass is 304 g/mol. The highest BCUT2D eigenvalue weighted by atomic mass is 35.5. The zero-order valence-electron chi connectivity index (χ0n) is 10.6. The van der Waals surface area contributed by atoms with Gasteiger partial charge in [0.25, 0.3) is 5.91 Å². The molecule has 5 heteroatoms. The van der Waals surface area contributed by atoms with Gasteiger partial charge in [0.15, 0.2) is 0 Å². The van der Waals surface area contributed by atoms with Gasteiger partial charge >= 0.3 is 0 Å². The molecule has 2 aromatic carbocycles. The Balaban J connectivity index is 2.11. The van der Waals surface area contributed by atoms with Gasteiger partial charge in [0.2, 0.25) is 0 Å². The molecular weight excluding hydrogens is 295 g/mol. The van der Waals surface area contributed by atoms with E-state index in [9.17, 15) is 4.79 Å². The van der Waals surface area contributed by atoms with Gasteiger partial charge < -0.3 is 5.32 Å². The zero-order chi connectivity index (χ0) is 14.3. The van der Waals surface area contributed by atoms with E-state index in [0.29, 0.717) is 21.4 Å². The Bertz CT molecular complexity index is 754. The summed E-state index contributed by atoms with van der Waals surface area (Å²) in [6.45, 7) is 1.95. The normalized spacial score (nSPS) is 15.3. The third-order valence-electron chi connectivity index (χ3n) is 3.13. The van der Waals surface area contributed by atoms with Crippen LogP contribution in [0.25, 0.3) is 0 Å². The number of halogens is 2. The molecule has 1 amide bonds. The first kappa shape index (κ1) is 13.2. The summed E-state index contributed by atoms with van der Waals surface area (Å²) in [5, 5.41) is 3.71. The van der Waals surface area contributed by atoms with Crippen molar-refractivity contribution in [3.05, 3.63) is 57.6 Å². The van der Waals surface area contributed by atoms with E-state index >= 15 is 0 Å². The number of benzene rings is 2. The number of para-hydroxylation sites is 1. The fourth-order valence-corrected chi connectivity index (χ4v) is 2.41. The third kappa shape index (κ3) is 2.19. The molecule has 0 bridgehead atoms. The minimum atomic E-state index is -0.208. The Morgan fingerprint density at radius 2 is 1.90 bits per heavy atom. The van der Waals surface area contributed by atoms with Crippen LogP contribution in [-0.2, 0) is 4.79 Å². The molecule has 0 saturated heterocycles. The Morgan fingerprint density at radius 3 is 2.65 bits per heavy atom. The summed E-state index contributed by atoms with van der Waals surface area (Å²) in [5.74, 6) is -0.208. The van der Waals surface area contributed by atoms with Crippen molar-refractivity contribution in [2.75, 3.05) is 5.32 Å². The van der Waals surface area contributed by atoms with Crippen LogP contribution in [0.2, 0.25) is 10.0 Å². The molecule has 0 fully saturated rings. The zero-order valence-corrected chi connectivity index (χ0v) is 12.1. The Labute approximate surface area is 126 Å². The van der Waals surface area contributed by atoms with E-state index in [1.165, 1.54) is 0 Å². The first-order valence-electron chi connectivity index (χ1n) is 6.01. The molecule has 0 radical (unpaired) electrons. The van der Waals surface area contributed by atoms with Crippen LogP contribution >= 0.6 is 23.2 Å². The number of rotatable bonds is 1. The molecule has 0 aliphatic carbocycles. The molecule has 0 spiro atoms. The topological polar surface area (TPSA) is 41.5 Å². The lowest BCUT2D eigenvalue weighted by atomic mass is 10.1. The number of aliphatic imine (C=N–C) groups is 1. The van der Waals surface area contributed by atoms with Crippen molar-refractivity contribution in [3.63, 3.8) is 0 Å². The average Bonchev–Trinajstić information content (AvgIpc) is 2.73. The van der Waals surface area contributed by atoms with Crippen LogP contribution in [0.5, 0.6) is 0 Å². The van der Waals surface area contributed by atoms with Crippen LogP contribution in [0.3, 0.4) is 0 Å². The average molecular weight is 305 g/mol. The summed E-state index contributed by atoms with van der Waals surface area (Å²) in [6.07, 6.45) is 0. The number of nitrogens with zero attached hydrogens (tertiary/aromatic N) is 1. The van der Waals surface area contributed by atoms with Gasteiger partial charge in [-0.15, -0.1) is 0 Å². The lowest BCUT2D eigenvalue weighted by molar-refractivity contribution is -0.110. The molecule has 0 atom stereocenters. The molecule has 2 aromatic rings. The van der Waals surface area contributed by atoms with E-state index in [4.69, 9.17) is 23.2 Å². The third-order valence-corrected chi connectivity index (χ3v) is 3.86. The predicted octanol–water partition coefficient (Wildman–Crippen LogP) is 4.37. The number of fused-ring (bicyclic) bond motifs is 1. The number of carbonyl (C=O) groups excluding carboxylic acids is 1. The van der Waals surface area contributed by atoms with Gasteiger partial charge in [-0.05, 0) is 30.7 Å². The molecule has 0 unspecified atom stereocenters. The van der Waals surface area contributed by atoms with Gasteiger partial charge in [0.05, 0.1) is 21.4 Å². The van der Waals surface area contributed by atoms with Crippen molar-refractivity contribution in [1.29, 1.82) is 0 Å². The molecule has 1 aliphatic heterocycles. The second-order valence-electron chi connectivity index (χ2n) is 4.51. The minimum absolute atomic E-state index is 0.208. The van der Waals surface area contributed by atoms with Crippen molar-refractivity contribution in [2.24, 2.45) is 4.99 Å². The number of anilines is 1. The summed E-state index contributed by atoms with van der Waals surface area (Å²) in [7, 11) is 0. The van der Waals surface area contributed by atoms with Crippen LogP contribution in [0.1, 0.15) is 11.1 Å². The van der Waals surface area contributed by atoms with Crippen LogP contribution in [0.15, 0.2) is 41.4 Å². The minimum Gasteiger partial charge on any atom is -0.320 e. The summed E-state index contributed by atoms with van der Waals surface area (Å²) in [4.78, 5) is 16.4. The van der Waals surface area contributed by atoms with Crippen LogP contribution in [-0.4, -0.2) is 11.6 Å². The molecular formula is C15H10Cl2N2O. The lowest BCUT2D eigenvalue weighted by Crippen LogP contribution is -2.13. The Kier molecular flexibility index (Phi) is 3.24. The lowest BCUT2D eigenvalue weighted by Gasteiger charge is -2.01. The molecule has 1 heterocycles. The summed E-state index contributed by atoms with van der Waals surface area (Å²) in [6, 6.07) is 10.7. The number of carbonyl (C=O) groups is 1.